The Hall–Kier alpha value is -1.94. The predicted octanol–water partition coefficient (Wildman–Crippen LogP) is 18.8. The quantitative estimate of drug-likeness (QED) is 0.0222. The van der Waals surface area contributed by atoms with Crippen LogP contribution in [0.15, 0.2) is 0 Å². The fourth-order valence-corrected chi connectivity index (χ4v) is 11.6. The number of esters is 4. The molecule has 510 valence electrons. The van der Waals surface area contributed by atoms with Crippen LogP contribution in [-0.4, -0.2) is 96.7 Å². The second kappa shape index (κ2) is 59.4. The molecule has 0 radical (unpaired) electrons. The highest BCUT2D eigenvalue weighted by Crippen LogP contribution is 2.45. The topological polar surface area (TPSA) is 237 Å². The van der Waals surface area contributed by atoms with Gasteiger partial charge in [-0.15, -0.1) is 0 Å². The number of ether oxygens (including phenoxy) is 4. The zero-order valence-corrected chi connectivity index (χ0v) is 57.4. The monoisotopic (exact) mass is 1270 g/mol. The van der Waals surface area contributed by atoms with Crippen LogP contribution < -0.4 is 0 Å². The summed E-state index contributed by atoms with van der Waals surface area (Å²) in [5.74, 6) is -0.608. The molecule has 0 saturated heterocycles. The van der Waals surface area contributed by atoms with Gasteiger partial charge in [-0.05, 0) is 37.5 Å². The number of carbonyl (C=O) groups is 4. The molecule has 19 heteroatoms. The summed E-state index contributed by atoms with van der Waals surface area (Å²) in [6, 6.07) is 0. The molecular weight excluding hydrogens is 1140 g/mol. The van der Waals surface area contributed by atoms with Gasteiger partial charge in [0.2, 0.25) is 0 Å². The first kappa shape index (κ1) is 84.1. The van der Waals surface area contributed by atoms with E-state index in [-0.39, 0.29) is 25.7 Å². The molecule has 0 aliphatic carbocycles. The van der Waals surface area contributed by atoms with Crippen molar-refractivity contribution in [3.63, 3.8) is 0 Å². The zero-order valence-electron chi connectivity index (χ0n) is 55.6. The van der Waals surface area contributed by atoms with Crippen molar-refractivity contribution in [2.24, 2.45) is 11.8 Å². The van der Waals surface area contributed by atoms with E-state index in [1.54, 1.807) is 0 Å². The van der Waals surface area contributed by atoms with Crippen molar-refractivity contribution in [3.8, 4) is 0 Å². The minimum absolute atomic E-state index is 0.106. The molecular formula is C67H130O17P2. The third-order valence-corrected chi connectivity index (χ3v) is 17.4. The summed E-state index contributed by atoms with van der Waals surface area (Å²) in [5.41, 5.74) is 0. The summed E-state index contributed by atoms with van der Waals surface area (Å²) in [4.78, 5) is 72.3. The molecule has 5 atom stereocenters. The zero-order chi connectivity index (χ0) is 63.6. The van der Waals surface area contributed by atoms with Gasteiger partial charge in [0.05, 0.1) is 26.4 Å². The van der Waals surface area contributed by atoms with Crippen molar-refractivity contribution >= 4 is 39.5 Å². The third-order valence-electron chi connectivity index (χ3n) is 15.5. The van der Waals surface area contributed by atoms with Crippen LogP contribution >= 0.6 is 15.6 Å². The molecule has 86 heavy (non-hydrogen) atoms. The smallest absolute Gasteiger partial charge is 0.462 e. The van der Waals surface area contributed by atoms with Crippen LogP contribution in [0.2, 0.25) is 0 Å². The Labute approximate surface area is 524 Å². The van der Waals surface area contributed by atoms with Crippen LogP contribution in [-0.2, 0) is 65.4 Å². The molecule has 17 nitrogen and oxygen atoms in total. The SMILES string of the molecule is CCCCCCCCCCCCCCC(=O)O[C@H](COC(=O)CCCCCCCCC)COP(=O)(O)OC[C@H](O)COP(=O)(O)OC[C@@H](COC(=O)CCCCCCCCCCCCC(C)C)OC(=O)CCCCCCCCCCCCCC(C)C. The van der Waals surface area contributed by atoms with E-state index in [2.05, 4.69) is 41.5 Å². The van der Waals surface area contributed by atoms with Gasteiger partial charge in [0.15, 0.2) is 12.2 Å². The highest BCUT2D eigenvalue weighted by molar-refractivity contribution is 7.47. The summed E-state index contributed by atoms with van der Waals surface area (Å²) < 4.78 is 68.1. The molecule has 0 saturated carbocycles. The standard InChI is InChI=1S/C67H130O17P2/c1-7-9-11-13-15-16-17-20-27-33-39-45-51-66(71)83-62(55-77-64(69)49-43-37-29-14-12-10-8-2)57-81-85(73,74)79-53-61(68)54-80-86(75,76)82-58-63(56-78-65(70)50-44-38-32-26-23-22-25-31-36-42-48-60(5)6)84-67(72)52-46-40-34-28-21-18-19-24-30-35-41-47-59(3)4/h59-63,68H,7-58H2,1-6H3,(H,73,74)(H,75,76)/t61-,62+,63+/m0/s1. The van der Waals surface area contributed by atoms with Gasteiger partial charge in [-0.1, -0.05) is 286 Å². The van der Waals surface area contributed by atoms with Crippen LogP contribution in [0.3, 0.4) is 0 Å². The number of hydrogen-bond donors (Lipinski definition) is 3. The Morgan fingerprint density at radius 3 is 0.791 bits per heavy atom. The first-order valence-electron chi connectivity index (χ1n) is 35.0. The van der Waals surface area contributed by atoms with E-state index < -0.39 is 97.5 Å². The molecule has 0 fully saturated rings. The Morgan fingerprint density at radius 1 is 0.314 bits per heavy atom. The van der Waals surface area contributed by atoms with Crippen molar-refractivity contribution < 1.29 is 80.2 Å². The maximum absolute atomic E-state index is 13.0. The Kier molecular flexibility index (Phi) is 58.0. The number of hydrogen-bond acceptors (Lipinski definition) is 15. The summed E-state index contributed by atoms with van der Waals surface area (Å²) in [5, 5.41) is 10.6. The fourth-order valence-electron chi connectivity index (χ4n) is 10.1. The molecule has 0 aromatic heterocycles. The van der Waals surface area contributed by atoms with Gasteiger partial charge in [-0.3, -0.25) is 37.3 Å². The summed E-state index contributed by atoms with van der Waals surface area (Å²) >= 11 is 0. The number of phosphoric acid groups is 2. The van der Waals surface area contributed by atoms with Gasteiger partial charge in [0.25, 0.3) is 0 Å². The number of carbonyl (C=O) groups excluding carboxylic acids is 4. The van der Waals surface area contributed by atoms with E-state index in [9.17, 15) is 43.2 Å². The lowest BCUT2D eigenvalue weighted by molar-refractivity contribution is -0.161. The van der Waals surface area contributed by atoms with Gasteiger partial charge >= 0.3 is 39.5 Å². The van der Waals surface area contributed by atoms with E-state index >= 15 is 0 Å². The molecule has 0 bridgehead atoms. The van der Waals surface area contributed by atoms with Crippen molar-refractivity contribution in [1.29, 1.82) is 0 Å². The van der Waals surface area contributed by atoms with E-state index in [0.29, 0.717) is 25.7 Å². The lowest BCUT2D eigenvalue weighted by atomic mass is 10.0. The maximum Gasteiger partial charge on any atom is 0.472 e. The highest BCUT2D eigenvalue weighted by Gasteiger charge is 2.30. The Balaban J connectivity index is 5.22. The first-order valence-corrected chi connectivity index (χ1v) is 38.0. The van der Waals surface area contributed by atoms with E-state index in [0.717, 1.165) is 115 Å². The second-order valence-corrected chi connectivity index (χ2v) is 28.1. The lowest BCUT2D eigenvalue weighted by Crippen LogP contribution is -2.30. The number of aliphatic hydroxyl groups is 1. The molecule has 0 heterocycles. The van der Waals surface area contributed by atoms with Crippen LogP contribution in [0.4, 0.5) is 0 Å². The minimum Gasteiger partial charge on any atom is -0.462 e. The van der Waals surface area contributed by atoms with Crippen LogP contribution in [0.25, 0.3) is 0 Å². The minimum atomic E-state index is -4.95. The van der Waals surface area contributed by atoms with Gasteiger partial charge in [0, 0.05) is 25.7 Å². The summed E-state index contributed by atoms with van der Waals surface area (Å²) in [6.07, 6.45) is 43.1. The molecule has 0 rings (SSSR count). The average molecular weight is 1270 g/mol. The lowest BCUT2D eigenvalue weighted by Gasteiger charge is -2.21. The Bertz CT molecular complexity index is 1680. The third kappa shape index (κ3) is 60.9. The van der Waals surface area contributed by atoms with Crippen molar-refractivity contribution in [2.45, 2.75) is 355 Å². The van der Waals surface area contributed by atoms with E-state index in [1.807, 2.05) is 0 Å². The summed E-state index contributed by atoms with van der Waals surface area (Å²) in [6.45, 7) is 9.48. The predicted molar refractivity (Wildman–Crippen MR) is 345 cm³/mol. The van der Waals surface area contributed by atoms with Crippen molar-refractivity contribution in [3.05, 3.63) is 0 Å². The van der Waals surface area contributed by atoms with Crippen molar-refractivity contribution in [1.82, 2.24) is 0 Å². The average Bonchev–Trinajstić information content (AvgIpc) is 3.60. The highest BCUT2D eigenvalue weighted by atomic mass is 31.2. The van der Waals surface area contributed by atoms with Crippen LogP contribution in [0.5, 0.6) is 0 Å². The van der Waals surface area contributed by atoms with E-state index in [1.165, 1.54) is 141 Å². The fraction of sp³-hybridized carbons (Fsp3) is 0.940. The Morgan fingerprint density at radius 2 is 0.535 bits per heavy atom. The van der Waals surface area contributed by atoms with Gasteiger partial charge in [-0.2, -0.15) is 0 Å². The number of rotatable bonds is 66. The van der Waals surface area contributed by atoms with Crippen LogP contribution in [0, 0.1) is 11.8 Å². The molecule has 0 aliphatic heterocycles. The second-order valence-electron chi connectivity index (χ2n) is 25.2. The van der Waals surface area contributed by atoms with Crippen LogP contribution in [0.1, 0.15) is 337 Å². The molecule has 0 aromatic carbocycles. The maximum atomic E-state index is 13.0. The van der Waals surface area contributed by atoms with Gasteiger partial charge in [0.1, 0.15) is 19.3 Å². The number of aliphatic hydroxyl groups excluding tert-OH is 1. The van der Waals surface area contributed by atoms with Crippen molar-refractivity contribution in [2.75, 3.05) is 39.6 Å². The number of unbranched alkanes of at least 4 members (excludes halogenated alkanes) is 36. The van der Waals surface area contributed by atoms with E-state index in [4.69, 9.17) is 37.0 Å². The summed E-state index contributed by atoms with van der Waals surface area (Å²) in [7, 11) is -9.89. The molecule has 2 unspecified atom stereocenters. The van der Waals surface area contributed by atoms with Gasteiger partial charge in [-0.25, -0.2) is 9.13 Å². The molecule has 0 aliphatic rings. The number of phosphoric ester groups is 2. The molecule has 0 aromatic rings. The molecule has 0 spiro atoms. The molecule has 3 N–H and O–H groups in total. The first-order chi connectivity index (χ1) is 41.4. The normalized spacial score (nSPS) is 14.2. The molecule has 0 amide bonds. The van der Waals surface area contributed by atoms with Gasteiger partial charge < -0.3 is 33.8 Å². The largest absolute Gasteiger partial charge is 0.472 e.